The second kappa shape index (κ2) is 10.5. The zero-order valence-electron chi connectivity index (χ0n) is 17.9. The third kappa shape index (κ3) is 6.14. The number of aromatic hydroxyl groups is 1. The van der Waals surface area contributed by atoms with Crippen molar-refractivity contribution in [3.63, 3.8) is 0 Å². The number of nitrogens with one attached hydrogen (secondary N) is 1. The Labute approximate surface area is 186 Å². The predicted molar refractivity (Wildman–Crippen MR) is 123 cm³/mol. The van der Waals surface area contributed by atoms with E-state index in [2.05, 4.69) is 36.4 Å². The lowest BCUT2D eigenvalue weighted by Gasteiger charge is -2.28. The molecule has 0 amide bonds. The number of rotatable bonds is 8. The molecule has 1 aliphatic rings. The molecular formula is C23H26N6O3. The van der Waals surface area contributed by atoms with Crippen LogP contribution in [0.3, 0.4) is 0 Å². The summed E-state index contributed by atoms with van der Waals surface area (Å²) in [6, 6.07) is 13.6. The summed E-state index contributed by atoms with van der Waals surface area (Å²) in [6.45, 7) is 5.21. The number of pyridine rings is 1. The first-order chi connectivity index (χ1) is 15.7. The van der Waals surface area contributed by atoms with Crippen molar-refractivity contribution < 1.29 is 14.6 Å². The molecule has 3 heterocycles. The smallest absolute Gasteiger partial charge is 0.320 e. The SMILES string of the molecule is Cc1cccc(C=NNc2cc(N3CCOCC3)nc(OCCc3ccc(O)cn3)n2)c1. The Balaban J connectivity index is 1.46. The van der Waals surface area contributed by atoms with Gasteiger partial charge in [0.05, 0.1) is 32.2 Å². The molecule has 4 rings (SSSR count). The Hall–Kier alpha value is -3.72. The van der Waals surface area contributed by atoms with Crippen LogP contribution in [-0.2, 0) is 11.2 Å². The highest BCUT2D eigenvalue weighted by molar-refractivity contribution is 5.80. The van der Waals surface area contributed by atoms with Crippen LogP contribution in [-0.4, -0.2) is 59.2 Å². The molecule has 1 aliphatic heterocycles. The summed E-state index contributed by atoms with van der Waals surface area (Å²) in [5, 5.41) is 13.7. The van der Waals surface area contributed by atoms with E-state index in [-0.39, 0.29) is 11.8 Å². The number of aryl methyl sites for hydroxylation is 1. The van der Waals surface area contributed by atoms with Crippen LogP contribution in [0.4, 0.5) is 11.6 Å². The lowest BCUT2D eigenvalue weighted by Crippen LogP contribution is -2.36. The molecule has 0 aliphatic carbocycles. The van der Waals surface area contributed by atoms with E-state index < -0.39 is 0 Å². The minimum absolute atomic E-state index is 0.137. The van der Waals surface area contributed by atoms with Gasteiger partial charge in [0.25, 0.3) is 0 Å². The van der Waals surface area contributed by atoms with Gasteiger partial charge in [0.2, 0.25) is 0 Å². The standard InChI is InChI=1S/C23H26N6O3/c1-17-3-2-4-18(13-17)15-25-28-21-14-22(29-8-11-31-12-9-29)27-23(26-21)32-10-7-19-5-6-20(30)16-24-19/h2-6,13-16,30H,7-12H2,1H3,(H,26,27,28). The molecule has 0 radical (unpaired) electrons. The van der Waals surface area contributed by atoms with E-state index in [9.17, 15) is 5.11 Å². The average molecular weight is 435 g/mol. The van der Waals surface area contributed by atoms with Gasteiger partial charge >= 0.3 is 6.01 Å². The van der Waals surface area contributed by atoms with Crippen LogP contribution in [0.1, 0.15) is 16.8 Å². The number of hydrogen-bond donors (Lipinski definition) is 2. The van der Waals surface area contributed by atoms with Crippen LogP contribution in [0.5, 0.6) is 11.8 Å². The molecule has 0 bridgehead atoms. The van der Waals surface area contributed by atoms with Crippen molar-refractivity contribution in [2.45, 2.75) is 13.3 Å². The highest BCUT2D eigenvalue weighted by atomic mass is 16.5. The van der Waals surface area contributed by atoms with Crippen LogP contribution in [0, 0.1) is 6.92 Å². The van der Waals surface area contributed by atoms with Crippen molar-refractivity contribution in [2.75, 3.05) is 43.2 Å². The van der Waals surface area contributed by atoms with Crippen LogP contribution >= 0.6 is 0 Å². The summed E-state index contributed by atoms with van der Waals surface area (Å²) < 4.78 is 11.3. The van der Waals surface area contributed by atoms with Gasteiger partial charge in [-0.1, -0.05) is 29.8 Å². The molecule has 2 N–H and O–H groups in total. The van der Waals surface area contributed by atoms with Gasteiger partial charge in [-0.25, -0.2) is 0 Å². The number of hydrogen-bond acceptors (Lipinski definition) is 9. The van der Waals surface area contributed by atoms with Gasteiger partial charge in [0.1, 0.15) is 11.6 Å². The van der Waals surface area contributed by atoms with Crippen LogP contribution in [0.25, 0.3) is 0 Å². The number of aromatic nitrogens is 3. The maximum absolute atomic E-state index is 9.36. The second-order valence-electron chi connectivity index (χ2n) is 7.38. The number of hydrazone groups is 1. The maximum atomic E-state index is 9.36. The maximum Gasteiger partial charge on any atom is 0.320 e. The zero-order chi connectivity index (χ0) is 22.2. The van der Waals surface area contributed by atoms with E-state index in [0.29, 0.717) is 32.1 Å². The van der Waals surface area contributed by atoms with E-state index in [1.54, 1.807) is 18.3 Å². The molecule has 166 valence electrons. The van der Waals surface area contributed by atoms with Gasteiger partial charge in [-0.15, -0.1) is 0 Å². The number of nitrogens with zero attached hydrogens (tertiary/aromatic N) is 5. The zero-order valence-corrected chi connectivity index (χ0v) is 17.9. The number of anilines is 2. The fraction of sp³-hybridized carbons (Fsp3) is 0.304. The molecule has 3 aromatic rings. The minimum Gasteiger partial charge on any atom is -0.506 e. The van der Waals surface area contributed by atoms with Crippen molar-refractivity contribution in [3.05, 3.63) is 65.5 Å². The highest BCUT2D eigenvalue weighted by Gasteiger charge is 2.15. The molecular weight excluding hydrogens is 408 g/mol. The molecule has 0 spiro atoms. The van der Waals surface area contributed by atoms with Crippen molar-refractivity contribution in [1.29, 1.82) is 0 Å². The fourth-order valence-corrected chi connectivity index (χ4v) is 3.22. The predicted octanol–water partition coefficient (Wildman–Crippen LogP) is 2.79. The summed E-state index contributed by atoms with van der Waals surface area (Å²) in [4.78, 5) is 15.3. The molecule has 9 heteroatoms. The monoisotopic (exact) mass is 434 g/mol. The number of morpholine rings is 1. The molecule has 2 aromatic heterocycles. The van der Waals surface area contributed by atoms with Gasteiger partial charge in [-0.05, 0) is 24.6 Å². The first kappa shape index (κ1) is 21.5. The summed E-state index contributed by atoms with van der Waals surface area (Å²) in [5.41, 5.74) is 5.97. The third-order valence-electron chi connectivity index (χ3n) is 4.86. The van der Waals surface area contributed by atoms with Crippen molar-refractivity contribution in [2.24, 2.45) is 5.10 Å². The lowest BCUT2D eigenvalue weighted by atomic mass is 10.2. The molecule has 0 saturated carbocycles. The first-order valence-electron chi connectivity index (χ1n) is 10.5. The minimum atomic E-state index is 0.137. The van der Waals surface area contributed by atoms with Gasteiger partial charge in [-0.3, -0.25) is 10.4 Å². The Bertz CT molecular complexity index is 1050. The van der Waals surface area contributed by atoms with Crippen LogP contribution in [0.15, 0.2) is 53.8 Å². The van der Waals surface area contributed by atoms with E-state index in [1.165, 1.54) is 11.8 Å². The normalized spacial score (nSPS) is 14.0. The summed E-state index contributed by atoms with van der Waals surface area (Å²) >= 11 is 0. The third-order valence-corrected chi connectivity index (χ3v) is 4.86. The van der Waals surface area contributed by atoms with Crippen molar-refractivity contribution in [1.82, 2.24) is 15.0 Å². The van der Waals surface area contributed by atoms with E-state index in [1.807, 2.05) is 31.2 Å². The Morgan fingerprint density at radius 1 is 1.19 bits per heavy atom. The van der Waals surface area contributed by atoms with Gasteiger partial charge in [0.15, 0.2) is 5.82 Å². The Kier molecular flexibility index (Phi) is 7.08. The average Bonchev–Trinajstić information content (AvgIpc) is 2.81. The molecule has 1 fully saturated rings. The second-order valence-corrected chi connectivity index (χ2v) is 7.38. The summed E-state index contributed by atoms with van der Waals surface area (Å²) in [6.07, 6.45) is 3.74. The topological polar surface area (TPSA) is 105 Å². The van der Waals surface area contributed by atoms with E-state index >= 15 is 0 Å². The van der Waals surface area contributed by atoms with Gasteiger partial charge in [-0.2, -0.15) is 15.1 Å². The van der Waals surface area contributed by atoms with Gasteiger partial charge in [0, 0.05) is 31.3 Å². The van der Waals surface area contributed by atoms with Crippen LogP contribution in [0.2, 0.25) is 0 Å². The highest BCUT2D eigenvalue weighted by Crippen LogP contribution is 2.21. The van der Waals surface area contributed by atoms with E-state index in [0.717, 1.165) is 30.2 Å². The van der Waals surface area contributed by atoms with Crippen molar-refractivity contribution >= 4 is 17.9 Å². The lowest BCUT2D eigenvalue weighted by molar-refractivity contribution is 0.122. The summed E-state index contributed by atoms with van der Waals surface area (Å²) in [5.74, 6) is 1.44. The Morgan fingerprint density at radius 2 is 2.06 bits per heavy atom. The number of ether oxygens (including phenoxy) is 2. The Morgan fingerprint density at radius 3 is 2.84 bits per heavy atom. The van der Waals surface area contributed by atoms with Crippen LogP contribution < -0.4 is 15.1 Å². The van der Waals surface area contributed by atoms with Crippen molar-refractivity contribution in [3.8, 4) is 11.8 Å². The largest absolute Gasteiger partial charge is 0.506 e. The molecule has 1 saturated heterocycles. The summed E-state index contributed by atoms with van der Waals surface area (Å²) in [7, 11) is 0. The molecule has 9 nitrogen and oxygen atoms in total. The van der Waals surface area contributed by atoms with E-state index in [4.69, 9.17) is 9.47 Å². The molecule has 0 atom stereocenters. The van der Waals surface area contributed by atoms with Gasteiger partial charge < -0.3 is 19.5 Å². The quantitative estimate of drug-likeness (QED) is 0.412. The first-order valence-corrected chi connectivity index (χ1v) is 10.5. The molecule has 0 unspecified atom stereocenters. The fourth-order valence-electron chi connectivity index (χ4n) is 3.22. The number of benzene rings is 1. The molecule has 1 aromatic carbocycles. The molecule has 32 heavy (non-hydrogen) atoms.